The summed E-state index contributed by atoms with van der Waals surface area (Å²) in [6.45, 7) is 3.43. The molecule has 1 unspecified atom stereocenters. The number of aryl methyl sites for hydroxylation is 1. The van der Waals surface area contributed by atoms with E-state index in [1.54, 1.807) is 18.9 Å². The van der Waals surface area contributed by atoms with Gasteiger partial charge in [-0.3, -0.25) is 4.79 Å². The lowest BCUT2D eigenvalue weighted by Crippen LogP contribution is -2.41. The van der Waals surface area contributed by atoms with Crippen molar-refractivity contribution in [2.24, 2.45) is 5.92 Å². The zero-order valence-electron chi connectivity index (χ0n) is 17.2. The second-order valence-corrected chi connectivity index (χ2v) is 7.80. The van der Waals surface area contributed by atoms with Gasteiger partial charge in [0, 0.05) is 25.8 Å². The van der Waals surface area contributed by atoms with Gasteiger partial charge in [-0.15, -0.1) is 0 Å². The summed E-state index contributed by atoms with van der Waals surface area (Å²) in [5.41, 5.74) is 0.647. The lowest BCUT2D eigenvalue weighted by molar-refractivity contribution is -0.137. The van der Waals surface area contributed by atoms with E-state index in [9.17, 15) is 18.0 Å². The molecule has 1 aliphatic heterocycles. The highest BCUT2D eigenvalue weighted by Gasteiger charge is 2.31. The summed E-state index contributed by atoms with van der Waals surface area (Å²) < 4.78 is 50.0. The molecule has 164 valence electrons. The van der Waals surface area contributed by atoms with E-state index in [4.69, 9.17) is 9.26 Å². The number of nitrogens with zero attached hydrogens (tertiary/aromatic N) is 3. The van der Waals surface area contributed by atoms with Crippen LogP contribution in [0.5, 0.6) is 0 Å². The Balaban J connectivity index is 1.77. The number of hydrogen-bond acceptors (Lipinski definition) is 5. The number of likely N-dealkylation sites (tertiary alicyclic amines) is 1. The van der Waals surface area contributed by atoms with Crippen LogP contribution in [0.15, 0.2) is 34.9 Å². The van der Waals surface area contributed by atoms with Crippen molar-refractivity contribution in [3.63, 3.8) is 0 Å². The van der Waals surface area contributed by atoms with E-state index in [0.29, 0.717) is 36.3 Å². The molecule has 0 N–H and O–H groups in total. The third-order valence-electron chi connectivity index (χ3n) is 5.54. The molecule has 1 atom stereocenters. The van der Waals surface area contributed by atoms with E-state index in [1.165, 1.54) is 18.2 Å². The van der Waals surface area contributed by atoms with Crippen LogP contribution in [0.1, 0.15) is 34.5 Å². The molecular weight excluding hydrogens is 411 g/mol. The fraction of sp³-hybridized carbons (Fsp3) is 0.409. The summed E-state index contributed by atoms with van der Waals surface area (Å²) >= 11 is 0. The zero-order valence-corrected chi connectivity index (χ0v) is 17.2. The minimum absolute atomic E-state index is 0.126. The molecule has 31 heavy (non-hydrogen) atoms. The predicted octanol–water partition coefficient (Wildman–Crippen LogP) is 4.72. The number of amides is 1. The number of aromatic nitrogens is 2. The number of fused-ring (bicyclic) bond motifs is 1. The molecule has 9 heteroatoms. The van der Waals surface area contributed by atoms with E-state index < -0.39 is 11.7 Å². The number of alkyl halides is 3. The van der Waals surface area contributed by atoms with Crippen molar-refractivity contribution in [2.75, 3.05) is 26.8 Å². The number of carbonyl (C=O) groups excluding carboxylic acids is 1. The highest BCUT2D eigenvalue weighted by Crippen LogP contribution is 2.34. The van der Waals surface area contributed by atoms with Gasteiger partial charge in [-0.25, -0.2) is 4.98 Å². The van der Waals surface area contributed by atoms with E-state index in [0.717, 1.165) is 25.0 Å². The van der Waals surface area contributed by atoms with Gasteiger partial charge in [-0.1, -0.05) is 17.3 Å². The Morgan fingerprint density at radius 2 is 2.13 bits per heavy atom. The first-order valence-corrected chi connectivity index (χ1v) is 10.0. The number of ether oxygens (including phenoxy) is 1. The molecule has 1 aromatic carbocycles. The van der Waals surface area contributed by atoms with Crippen LogP contribution in [-0.4, -0.2) is 47.8 Å². The summed E-state index contributed by atoms with van der Waals surface area (Å²) in [4.78, 5) is 19.5. The highest BCUT2D eigenvalue weighted by atomic mass is 19.4. The number of carbonyl (C=O) groups is 1. The first-order chi connectivity index (χ1) is 14.8. The smallest absolute Gasteiger partial charge is 0.384 e. The monoisotopic (exact) mass is 433 g/mol. The molecule has 0 bridgehead atoms. The van der Waals surface area contributed by atoms with E-state index >= 15 is 0 Å². The van der Waals surface area contributed by atoms with Crippen molar-refractivity contribution >= 4 is 17.0 Å². The van der Waals surface area contributed by atoms with Crippen LogP contribution in [0.25, 0.3) is 22.4 Å². The fourth-order valence-corrected chi connectivity index (χ4v) is 4.06. The van der Waals surface area contributed by atoms with Crippen molar-refractivity contribution < 1.29 is 27.2 Å². The molecular formula is C22H22F3N3O3. The highest BCUT2D eigenvalue weighted by molar-refractivity contribution is 6.07. The normalized spacial score (nSPS) is 17.3. The van der Waals surface area contributed by atoms with Gasteiger partial charge in [0.15, 0.2) is 0 Å². The number of rotatable bonds is 4. The maximum absolute atomic E-state index is 13.4. The minimum atomic E-state index is -4.48. The topological polar surface area (TPSA) is 68.5 Å². The maximum Gasteiger partial charge on any atom is 0.416 e. The number of piperidine rings is 1. The van der Waals surface area contributed by atoms with Crippen LogP contribution in [0.4, 0.5) is 13.2 Å². The Hall–Kier alpha value is -2.94. The number of halogens is 3. The van der Waals surface area contributed by atoms with Gasteiger partial charge in [0.1, 0.15) is 0 Å². The Morgan fingerprint density at radius 1 is 1.32 bits per heavy atom. The molecule has 1 amide bonds. The Bertz CT molecular complexity index is 1110. The van der Waals surface area contributed by atoms with Crippen molar-refractivity contribution in [1.82, 2.24) is 15.0 Å². The van der Waals surface area contributed by atoms with Crippen LogP contribution in [0.3, 0.4) is 0 Å². The molecule has 0 spiro atoms. The number of benzene rings is 1. The summed E-state index contributed by atoms with van der Waals surface area (Å²) in [7, 11) is 1.63. The third-order valence-corrected chi connectivity index (χ3v) is 5.54. The molecule has 6 nitrogen and oxygen atoms in total. The molecule has 1 saturated heterocycles. The van der Waals surface area contributed by atoms with Gasteiger partial charge in [0.25, 0.3) is 11.6 Å². The largest absolute Gasteiger partial charge is 0.416 e. The molecule has 4 rings (SSSR count). The quantitative estimate of drug-likeness (QED) is 0.596. The average Bonchev–Trinajstić information content (AvgIpc) is 3.13. The van der Waals surface area contributed by atoms with Gasteiger partial charge in [0.05, 0.1) is 34.5 Å². The van der Waals surface area contributed by atoms with Crippen LogP contribution in [-0.2, 0) is 10.9 Å². The number of pyridine rings is 1. The van der Waals surface area contributed by atoms with Crippen LogP contribution in [0.2, 0.25) is 0 Å². The standard InChI is InChI=1S/C22H22F3N3O3/c1-13-19-17(21(29)28-8-4-5-14(11-28)12-30-2)10-18(26-20(19)31-27-13)15-6-3-7-16(9-15)22(23,24)25/h3,6-7,9-10,14H,4-5,8,11-12H2,1-2H3. The molecule has 0 aliphatic carbocycles. The summed E-state index contributed by atoms with van der Waals surface area (Å²) in [5, 5.41) is 4.39. The lowest BCUT2D eigenvalue weighted by atomic mass is 9.97. The fourth-order valence-electron chi connectivity index (χ4n) is 4.06. The molecule has 3 aromatic rings. The van der Waals surface area contributed by atoms with Gasteiger partial charge < -0.3 is 14.2 Å². The first kappa shape index (κ1) is 21.3. The summed E-state index contributed by atoms with van der Waals surface area (Å²) in [6, 6.07) is 6.38. The average molecular weight is 433 g/mol. The summed E-state index contributed by atoms with van der Waals surface area (Å²) in [6.07, 6.45) is -2.64. The van der Waals surface area contributed by atoms with Crippen molar-refractivity contribution in [2.45, 2.75) is 25.9 Å². The second-order valence-electron chi connectivity index (χ2n) is 7.80. The maximum atomic E-state index is 13.4. The molecule has 2 aromatic heterocycles. The minimum Gasteiger partial charge on any atom is -0.384 e. The third kappa shape index (κ3) is 4.27. The van der Waals surface area contributed by atoms with Gasteiger partial charge in [-0.2, -0.15) is 13.2 Å². The molecule has 0 radical (unpaired) electrons. The van der Waals surface area contributed by atoms with Crippen LogP contribution < -0.4 is 0 Å². The van der Waals surface area contributed by atoms with Crippen LogP contribution >= 0.6 is 0 Å². The second kappa shape index (κ2) is 8.30. The van der Waals surface area contributed by atoms with Crippen molar-refractivity contribution in [1.29, 1.82) is 0 Å². The van der Waals surface area contributed by atoms with Crippen LogP contribution in [0, 0.1) is 12.8 Å². The molecule has 3 heterocycles. The van der Waals surface area contributed by atoms with E-state index in [-0.39, 0.29) is 28.8 Å². The van der Waals surface area contributed by atoms with E-state index in [1.807, 2.05) is 0 Å². The van der Waals surface area contributed by atoms with Gasteiger partial charge in [-0.05, 0) is 43.9 Å². The first-order valence-electron chi connectivity index (χ1n) is 10.0. The Kier molecular flexibility index (Phi) is 5.70. The SMILES string of the molecule is COCC1CCCN(C(=O)c2cc(-c3cccc(C(F)(F)F)c3)nc3onc(C)c23)C1. The zero-order chi connectivity index (χ0) is 22.2. The Labute approximate surface area is 177 Å². The lowest BCUT2D eigenvalue weighted by Gasteiger charge is -2.32. The molecule has 1 fully saturated rings. The van der Waals surface area contributed by atoms with E-state index in [2.05, 4.69) is 10.1 Å². The Morgan fingerprint density at radius 3 is 2.87 bits per heavy atom. The van der Waals surface area contributed by atoms with Gasteiger partial charge in [0.2, 0.25) is 0 Å². The summed E-state index contributed by atoms with van der Waals surface area (Å²) in [5.74, 6) is 0.0271. The number of methoxy groups -OCH3 is 1. The predicted molar refractivity (Wildman–Crippen MR) is 107 cm³/mol. The molecule has 0 saturated carbocycles. The van der Waals surface area contributed by atoms with Crippen molar-refractivity contribution in [3.05, 3.63) is 47.2 Å². The van der Waals surface area contributed by atoms with Gasteiger partial charge >= 0.3 is 6.18 Å². The molecule has 1 aliphatic rings. The van der Waals surface area contributed by atoms with Crippen molar-refractivity contribution in [3.8, 4) is 11.3 Å². The number of hydrogen-bond donors (Lipinski definition) is 0.